The molecule has 0 radical (unpaired) electrons. The van der Waals surface area contributed by atoms with E-state index in [9.17, 15) is 9.59 Å². The van der Waals surface area contributed by atoms with Crippen LogP contribution in [0, 0.1) is 6.92 Å². The van der Waals surface area contributed by atoms with E-state index in [2.05, 4.69) is 20.5 Å². The summed E-state index contributed by atoms with van der Waals surface area (Å²) < 4.78 is 0. The van der Waals surface area contributed by atoms with Crippen LogP contribution in [0.15, 0.2) is 6.20 Å². The molecule has 6 heteroatoms. The number of imide groups is 1. The summed E-state index contributed by atoms with van der Waals surface area (Å²) in [6.45, 7) is 1.76. The number of aromatic amines is 1. The van der Waals surface area contributed by atoms with Crippen molar-refractivity contribution in [1.29, 1.82) is 0 Å². The van der Waals surface area contributed by atoms with Crippen molar-refractivity contribution in [2.24, 2.45) is 0 Å². The average Bonchev–Trinajstić information content (AvgIpc) is 2.70. The molecule has 0 atom stereocenters. The summed E-state index contributed by atoms with van der Waals surface area (Å²) in [5.74, 6) is -0.781. The van der Waals surface area contributed by atoms with Crippen LogP contribution in [0.25, 0.3) is 11.0 Å². The second-order valence-electron chi connectivity index (χ2n) is 3.36. The smallest absolute Gasteiger partial charge is 0.260 e. The SMILES string of the molecule is Cc1n[nH]c2ncc3c(c12)C(=O)NC3=O. The van der Waals surface area contributed by atoms with E-state index in [1.807, 2.05) is 0 Å². The van der Waals surface area contributed by atoms with Crippen molar-refractivity contribution in [3.63, 3.8) is 0 Å². The van der Waals surface area contributed by atoms with Crippen LogP contribution in [-0.4, -0.2) is 27.0 Å². The van der Waals surface area contributed by atoms with Crippen molar-refractivity contribution in [2.75, 3.05) is 0 Å². The van der Waals surface area contributed by atoms with Gasteiger partial charge < -0.3 is 0 Å². The second kappa shape index (κ2) is 2.41. The van der Waals surface area contributed by atoms with E-state index in [0.29, 0.717) is 27.9 Å². The van der Waals surface area contributed by atoms with Gasteiger partial charge in [0.25, 0.3) is 11.8 Å². The summed E-state index contributed by atoms with van der Waals surface area (Å²) in [7, 11) is 0. The van der Waals surface area contributed by atoms with Crippen LogP contribution in [0.4, 0.5) is 0 Å². The number of amides is 2. The number of hydrogen-bond donors (Lipinski definition) is 2. The summed E-state index contributed by atoms with van der Waals surface area (Å²) in [5.41, 5.74) is 1.88. The molecule has 1 aliphatic heterocycles. The number of nitrogens with one attached hydrogen (secondary N) is 2. The average molecular weight is 202 g/mol. The predicted molar refractivity (Wildman–Crippen MR) is 50.4 cm³/mol. The number of aryl methyl sites for hydroxylation is 1. The Bertz CT molecular complexity index is 614. The third-order valence-electron chi connectivity index (χ3n) is 2.47. The van der Waals surface area contributed by atoms with Crippen LogP contribution in [0.1, 0.15) is 26.4 Å². The van der Waals surface area contributed by atoms with Crippen LogP contribution in [0.2, 0.25) is 0 Å². The first-order chi connectivity index (χ1) is 7.18. The van der Waals surface area contributed by atoms with E-state index >= 15 is 0 Å². The topological polar surface area (TPSA) is 87.7 Å². The molecule has 0 spiro atoms. The molecule has 74 valence electrons. The second-order valence-corrected chi connectivity index (χ2v) is 3.36. The lowest BCUT2D eigenvalue weighted by molar-refractivity contribution is 0.0880. The van der Waals surface area contributed by atoms with E-state index in [1.54, 1.807) is 6.92 Å². The highest BCUT2D eigenvalue weighted by atomic mass is 16.2. The lowest BCUT2D eigenvalue weighted by Gasteiger charge is -1.95. The molecule has 2 aromatic rings. The molecule has 2 N–H and O–H groups in total. The molecule has 0 unspecified atom stereocenters. The van der Waals surface area contributed by atoms with Gasteiger partial charge in [-0.25, -0.2) is 4.98 Å². The van der Waals surface area contributed by atoms with Crippen molar-refractivity contribution >= 4 is 22.8 Å². The Kier molecular flexibility index (Phi) is 1.30. The molecule has 0 aromatic carbocycles. The minimum Gasteiger partial charge on any atom is -0.288 e. The summed E-state index contributed by atoms with van der Waals surface area (Å²) in [5, 5.41) is 9.51. The van der Waals surface area contributed by atoms with Crippen LogP contribution < -0.4 is 5.32 Å². The van der Waals surface area contributed by atoms with Gasteiger partial charge in [0.1, 0.15) is 0 Å². The Morgan fingerprint density at radius 2 is 2.07 bits per heavy atom. The highest BCUT2D eigenvalue weighted by Gasteiger charge is 2.30. The molecule has 15 heavy (non-hydrogen) atoms. The lowest BCUT2D eigenvalue weighted by atomic mass is 10.1. The molecule has 0 aliphatic carbocycles. The van der Waals surface area contributed by atoms with Gasteiger partial charge in [0, 0.05) is 6.20 Å². The molecule has 1 aliphatic rings. The summed E-state index contributed by atoms with van der Waals surface area (Å²) in [6.07, 6.45) is 1.38. The molecule has 3 rings (SSSR count). The molecule has 2 aromatic heterocycles. The van der Waals surface area contributed by atoms with E-state index in [-0.39, 0.29) is 5.91 Å². The number of aromatic nitrogens is 3. The zero-order valence-corrected chi connectivity index (χ0v) is 7.79. The number of nitrogens with zero attached hydrogens (tertiary/aromatic N) is 2. The number of rotatable bonds is 0. The number of carbonyl (C=O) groups is 2. The maximum Gasteiger partial charge on any atom is 0.260 e. The Labute approximate surface area is 83.7 Å². The minimum absolute atomic E-state index is 0.317. The van der Waals surface area contributed by atoms with Crippen molar-refractivity contribution < 1.29 is 9.59 Å². The lowest BCUT2D eigenvalue weighted by Crippen LogP contribution is -2.20. The Morgan fingerprint density at radius 1 is 1.27 bits per heavy atom. The van der Waals surface area contributed by atoms with Crippen LogP contribution in [-0.2, 0) is 0 Å². The van der Waals surface area contributed by atoms with E-state index < -0.39 is 5.91 Å². The van der Waals surface area contributed by atoms with Crippen molar-refractivity contribution in [3.8, 4) is 0 Å². The fraction of sp³-hybridized carbons (Fsp3) is 0.111. The quantitative estimate of drug-likeness (QED) is 0.595. The minimum atomic E-state index is -0.398. The first-order valence-corrected chi connectivity index (χ1v) is 4.38. The first-order valence-electron chi connectivity index (χ1n) is 4.38. The van der Waals surface area contributed by atoms with Gasteiger partial charge in [-0.05, 0) is 6.92 Å². The van der Waals surface area contributed by atoms with Gasteiger partial charge in [-0.2, -0.15) is 5.10 Å². The fourth-order valence-electron chi connectivity index (χ4n) is 1.78. The predicted octanol–water partition coefficient (Wildman–Crippen LogP) is 0.150. The highest BCUT2D eigenvalue weighted by molar-refractivity contribution is 6.26. The van der Waals surface area contributed by atoms with Gasteiger partial charge in [0.15, 0.2) is 5.65 Å². The molecule has 6 nitrogen and oxygen atoms in total. The zero-order valence-electron chi connectivity index (χ0n) is 7.79. The van der Waals surface area contributed by atoms with Crippen LogP contribution in [0.5, 0.6) is 0 Å². The van der Waals surface area contributed by atoms with Gasteiger partial charge in [-0.1, -0.05) is 0 Å². The Morgan fingerprint density at radius 3 is 2.87 bits per heavy atom. The van der Waals surface area contributed by atoms with Gasteiger partial charge in [-0.15, -0.1) is 0 Å². The van der Waals surface area contributed by atoms with Gasteiger partial charge >= 0.3 is 0 Å². The monoisotopic (exact) mass is 202 g/mol. The normalized spacial score (nSPS) is 14.5. The number of fused-ring (bicyclic) bond motifs is 3. The third-order valence-corrected chi connectivity index (χ3v) is 2.47. The van der Waals surface area contributed by atoms with Gasteiger partial charge in [-0.3, -0.25) is 20.0 Å². The number of carbonyl (C=O) groups excluding carboxylic acids is 2. The third kappa shape index (κ3) is 0.876. The zero-order chi connectivity index (χ0) is 10.6. The van der Waals surface area contributed by atoms with Crippen molar-refractivity contribution in [1.82, 2.24) is 20.5 Å². The van der Waals surface area contributed by atoms with E-state index in [0.717, 1.165) is 0 Å². The van der Waals surface area contributed by atoms with E-state index in [1.165, 1.54) is 6.20 Å². The molecule has 0 saturated carbocycles. The standard InChI is InChI=1S/C9H6N4O2/c1-3-5-6-4(8(14)11-9(6)15)2-10-7(5)13-12-3/h2H,1H3,(H,10,12,13)(H,11,14,15). The van der Waals surface area contributed by atoms with Gasteiger partial charge in [0.05, 0.1) is 22.2 Å². The number of H-pyrrole nitrogens is 1. The molecule has 0 bridgehead atoms. The van der Waals surface area contributed by atoms with Crippen LogP contribution >= 0.6 is 0 Å². The van der Waals surface area contributed by atoms with Crippen LogP contribution in [0.3, 0.4) is 0 Å². The number of pyridine rings is 1. The summed E-state index contributed by atoms with van der Waals surface area (Å²) in [4.78, 5) is 26.9. The first kappa shape index (κ1) is 8.10. The molecule has 0 saturated heterocycles. The fourth-order valence-corrected chi connectivity index (χ4v) is 1.78. The number of hydrogen-bond acceptors (Lipinski definition) is 4. The molecule has 2 amide bonds. The Balaban J connectivity index is 2.53. The maximum absolute atomic E-state index is 11.5. The Hall–Kier alpha value is -2.24. The molecule has 0 fully saturated rings. The van der Waals surface area contributed by atoms with Gasteiger partial charge in [0.2, 0.25) is 0 Å². The molecule has 3 heterocycles. The largest absolute Gasteiger partial charge is 0.288 e. The highest BCUT2D eigenvalue weighted by Crippen LogP contribution is 2.24. The molecular formula is C9H6N4O2. The maximum atomic E-state index is 11.5. The van der Waals surface area contributed by atoms with Crippen molar-refractivity contribution in [3.05, 3.63) is 23.0 Å². The summed E-state index contributed by atoms with van der Waals surface area (Å²) >= 11 is 0. The van der Waals surface area contributed by atoms with Crippen molar-refractivity contribution in [2.45, 2.75) is 6.92 Å². The molecular weight excluding hydrogens is 196 g/mol. The summed E-state index contributed by atoms with van der Waals surface area (Å²) in [6, 6.07) is 0. The van der Waals surface area contributed by atoms with E-state index in [4.69, 9.17) is 0 Å².